The molecule has 150 valence electrons. The normalized spacial score (nSPS) is 22.5. The molecular formula is C21H27N3O2S2. The Morgan fingerprint density at radius 2 is 2.00 bits per heavy atom. The van der Waals surface area contributed by atoms with Gasteiger partial charge in [0.1, 0.15) is 0 Å². The van der Waals surface area contributed by atoms with E-state index in [0.29, 0.717) is 11.4 Å². The number of nitrogens with zero attached hydrogens (tertiary/aromatic N) is 1. The van der Waals surface area contributed by atoms with Crippen LogP contribution in [0, 0.1) is 5.92 Å². The lowest BCUT2D eigenvalue weighted by Crippen LogP contribution is -2.50. The molecule has 0 spiro atoms. The van der Waals surface area contributed by atoms with Gasteiger partial charge in [0, 0.05) is 31.4 Å². The molecule has 0 bridgehead atoms. The number of thiocarbonyl (C=S) groups is 1. The van der Waals surface area contributed by atoms with Gasteiger partial charge in [-0.2, -0.15) is 0 Å². The van der Waals surface area contributed by atoms with Crippen LogP contribution in [0.3, 0.4) is 0 Å². The van der Waals surface area contributed by atoms with E-state index in [4.69, 9.17) is 12.2 Å². The number of benzene rings is 1. The van der Waals surface area contributed by atoms with Gasteiger partial charge in [-0.3, -0.25) is 4.98 Å². The van der Waals surface area contributed by atoms with Crippen molar-refractivity contribution in [3.8, 4) is 0 Å². The lowest BCUT2D eigenvalue weighted by atomic mass is 9.61. The van der Waals surface area contributed by atoms with Crippen molar-refractivity contribution in [3.63, 3.8) is 0 Å². The van der Waals surface area contributed by atoms with E-state index in [2.05, 4.69) is 21.1 Å². The first-order valence-corrected chi connectivity index (χ1v) is 11.6. The average molecular weight is 418 g/mol. The Morgan fingerprint density at radius 3 is 2.68 bits per heavy atom. The molecule has 2 atom stereocenters. The fraction of sp³-hybridized carbons (Fsp3) is 0.429. The monoisotopic (exact) mass is 417 g/mol. The number of sulfonamides is 1. The van der Waals surface area contributed by atoms with E-state index >= 15 is 0 Å². The minimum Gasteiger partial charge on any atom is -0.382 e. The van der Waals surface area contributed by atoms with Crippen molar-refractivity contribution in [1.82, 2.24) is 15.0 Å². The number of hydrogen-bond donors (Lipinski definition) is 2. The predicted molar refractivity (Wildman–Crippen MR) is 116 cm³/mol. The zero-order valence-corrected chi connectivity index (χ0v) is 17.7. The number of likely N-dealkylation sites (N-methyl/N-ethyl adjacent to an activating group) is 1. The fourth-order valence-electron chi connectivity index (χ4n) is 4.35. The Labute approximate surface area is 173 Å². The van der Waals surface area contributed by atoms with Crippen molar-refractivity contribution in [3.05, 3.63) is 60.4 Å². The summed E-state index contributed by atoms with van der Waals surface area (Å²) >= 11 is 5.77. The Balaban J connectivity index is 1.80. The Bertz CT molecular complexity index is 888. The summed E-state index contributed by atoms with van der Waals surface area (Å²) in [5.74, 6) is 0.254. The summed E-state index contributed by atoms with van der Waals surface area (Å²) in [6.45, 7) is 0.385. The number of rotatable bonds is 7. The molecule has 0 amide bonds. The van der Waals surface area contributed by atoms with Crippen LogP contribution in [0.15, 0.2) is 59.8 Å². The van der Waals surface area contributed by atoms with Gasteiger partial charge in [0.15, 0.2) is 0 Å². The van der Waals surface area contributed by atoms with E-state index in [1.54, 1.807) is 30.5 Å². The van der Waals surface area contributed by atoms with E-state index in [0.717, 1.165) is 42.7 Å². The van der Waals surface area contributed by atoms with Gasteiger partial charge in [-0.25, -0.2) is 13.1 Å². The lowest BCUT2D eigenvalue weighted by Gasteiger charge is -2.45. The summed E-state index contributed by atoms with van der Waals surface area (Å²) in [4.78, 5) is 5.43. The minimum absolute atomic E-state index is 0.254. The molecule has 0 radical (unpaired) electrons. The van der Waals surface area contributed by atoms with E-state index < -0.39 is 10.0 Å². The molecule has 7 heteroatoms. The first-order valence-electron chi connectivity index (χ1n) is 9.68. The summed E-state index contributed by atoms with van der Waals surface area (Å²) in [6.07, 6.45) is 8.59. The molecule has 2 aromatic rings. The van der Waals surface area contributed by atoms with Crippen LogP contribution in [-0.4, -0.2) is 32.0 Å². The van der Waals surface area contributed by atoms with Gasteiger partial charge in [-0.05, 0) is 48.9 Å². The summed E-state index contributed by atoms with van der Waals surface area (Å²) < 4.78 is 27.8. The predicted octanol–water partition coefficient (Wildman–Crippen LogP) is 3.43. The van der Waals surface area contributed by atoms with Gasteiger partial charge in [0.25, 0.3) is 0 Å². The second-order valence-corrected chi connectivity index (χ2v) is 9.41. The molecule has 1 saturated carbocycles. The molecule has 0 saturated heterocycles. The standard InChI is InChI=1S/C21H27N3O2S2/c1-22-20(27)21(18-9-7-14-23-16-18)13-6-5-8-17(21)12-15-24-28(25,26)19-10-3-2-4-11-19/h2-4,7,9-11,14,16-17,24H,5-6,8,12-13,15H2,1H3,(H,22,27)/t17-,21+/m1/s1. The van der Waals surface area contributed by atoms with E-state index in [-0.39, 0.29) is 11.3 Å². The zero-order valence-electron chi connectivity index (χ0n) is 16.1. The van der Waals surface area contributed by atoms with E-state index in [1.165, 1.54) is 0 Å². The van der Waals surface area contributed by atoms with E-state index in [1.807, 2.05) is 25.4 Å². The van der Waals surface area contributed by atoms with Crippen LogP contribution in [0.1, 0.15) is 37.7 Å². The zero-order chi connectivity index (χ0) is 20.0. The molecular weight excluding hydrogens is 390 g/mol. The highest BCUT2D eigenvalue weighted by Gasteiger charge is 2.45. The molecule has 1 heterocycles. The van der Waals surface area contributed by atoms with Crippen LogP contribution in [-0.2, 0) is 15.4 Å². The Morgan fingerprint density at radius 1 is 1.21 bits per heavy atom. The molecule has 1 aromatic carbocycles. The van der Waals surface area contributed by atoms with Crippen LogP contribution in [0.5, 0.6) is 0 Å². The maximum absolute atomic E-state index is 12.5. The van der Waals surface area contributed by atoms with Crippen LogP contribution >= 0.6 is 12.2 Å². The van der Waals surface area contributed by atoms with Gasteiger partial charge in [-0.15, -0.1) is 0 Å². The Hall–Kier alpha value is -1.83. The van der Waals surface area contributed by atoms with E-state index in [9.17, 15) is 8.42 Å². The van der Waals surface area contributed by atoms with Crippen molar-refractivity contribution >= 4 is 27.2 Å². The molecule has 1 aliphatic carbocycles. The SMILES string of the molecule is CNC(=S)[C@@]1(c2cccnc2)CCCC[C@@H]1CCNS(=O)(=O)c1ccccc1. The van der Waals surface area contributed by atoms with Crippen molar-refractivity contribution in [1.29, 1.82) is 0 Å². The molecule has 0 aliphatic heterocycles. The fourth-order valence-corrected chi connectivity index (χ4v) is 5.80. The van der Waals surface area contributed by atoms with Gasteiger partial charge >= 0.3 is 0 Å². The number of hydrogen-bond acceptors (Lipinski definition) is 4. The molecule has 5 nitrogen and oxygen atoms in total. The van der Waals surface area contributed by atoms with Gasteiger partial charge < -0.3 is 5.32 Å². The van der Waals surface area contributed by atoms with Crippen LogP contribution in [0.2, 0.25) is 0 Å². The maximum atomic E-state index is 12.5. The lowest BCUT2D eigenvalue weighted by molar-refractivity contribution is 0.239. The second-order valence-electron chi connectivity index (χ2n) is 7.23. The highest BCUT2D eigenvalue weighted by molar-refractivity contribution is 7.89. The van der Waals surface area contributed by atoms with Gasteiger partial charge in [0.2, 0.25) is 10.0 Å². The van der Waals surface area contributed by atoms with Crippen LogP contribution in [0.4, 0.5) is 0 Å². The molecule has 1 aromatic heterocycles. The third kappa shape index (κ3) is 4.26. The quantitative estimate of drug-likeness (QED) is 0.676. The van der Waals surface area contributed by atoms with Crippen LogP contribution < -0.4 is 10.0 Å². The number of aromatic nitrogens is 1. The maximum Gasteiger partial charge on any atom is 0.240 e. The molecule has 2 N–H and O–H groups in total. The minimum atomic E-state index is -3.50. The topological polar surface area (TPSA) is 71.1 Å². The molecule has 0 unspecified atom stereocenters. The largest absolute Gasteiger partial charge is 0.382 e. The molecule has 3 rings (SSSR count). The summed E-state index contributed by atoms with van der Waals surface area (Å²) in [6, 6.07) is 12.5. The first kappa shape index (κ1) is 20.9. The second kappa shape index (κ2) is 9.11. The number of nitrogens with one attached hydrogen (secondary N) is 2. The van der Waals surface area contributed by atoms with Crippen molar-refractivity contribution in [2.75, 3.05) is 13.6 Å². The van der Waals surface area contributed by atoms with Crippen molar-refractivity contribution < 1.29 is 8.42 Å². The van der Waals surface area contributed by atoms with Gasteiger partial charge in [-0.1, -0.05) is 49.3 Å². The van der Waals surface area contributed by atoms with Gasteiger partial charge in [0.05, 0.1) is 9.88 Å². The summed E-state index contributed by atoms with van der Waals surface area (Å²) in [7, 11) is -1.63. The number of pyridine rings is 1. The molecule has 1 fully saturated rings. The Kier molecular flexibility index (Phi) is 6.80. The van der Waals surface area contributed by atoms with Crippen molar-refractivity contribution in [2.45, 2.75) is 42.4 Å². The third-order valence-corrected chi connectivity index (χ3v) is 7.76. The average Bonchev–Trinajstić information content (AvgIpc) is 2.74. The molecule has 1 aliphatic rings. The third-order valence-electron chi connectivity index (χ3n) is 5.72. The highest BCUT2D eigenvalue weighted by atomic mass is 32.2. The van der Waals surface area contributed by atoms with Crippen molar-refractivity contribution in [2.24, 2.45) is 5.92 Å². The first-order chi connectivity index (χ1) is 13.5. The summed E-state index contributed by atoms with van der Waals surface area (Å²) in [5, 5.41) is 3.20. The highest BCUT2D eigenvalue weighted by Crippen LogP contribution is 2.46. The summed E-state index contributed by atoms with van der Waals surface area (Å²) in [5.41, 5.74) is 0.819. The van der Waals surface area contributed by atoms with Crippen LogP contribution in [0.25, 0.3) is 0 Å². The molecule has 28 heavy (non-hydrogen) atoms. The smallest absolute Gasteiger partial charge is 0.240 e.